The van der Waals surface area contributed by atoms with Gasteiger partial charge in [0.25, 0.3) is 0 Å². The largest absolute Gasteiger partial charge is 0.465 e. The van der Waals surface area contributed by atoms with E-state index >= 15 is 4.39 Å². The molecule has 34 heavy (non-hydrogen) atoms. The highest BCUT2D eigenvalue weighted by atomic mass is 35.5. The highest BCUT2D eigenvalue weighted by molar-refractivity contribution is 6.36. The van der Waals surface area contributed by atoms with Crippen LogP contribution in [-0.4, -0.2) is 56.2 Å². The molecule has 172 valence electrons. The number of nitrogens with zero attached hydrogens (tertiary/aromatic N) is 5. The number of pyridine rings is 1. The first-order valence-electron chi connectivity index (χ1n) is 10.9. The third kappa shape index (κ3) is 3.24. The molecular formula is C24H18Cl2FN5O2. The van der Waals surface area contributed by atoms with Crippen LogP contribution < -0.4 is 4.90 Å². The van der Waals surface area contributed by atoms with E-state index in [1.165, 1.54) is 4.90 Å². The lowest BCUT2D eigenvalue weighted by Gasteiger charge is -2.40. The second-order valence-electron chi connectivity index (χ2n) is 8.62. The summed E-state index contributed by atoms with van der Waals surface area (Å²) in [5, 5.41) is 12.0. The van der Waals surface area contributed by atoms with Crippen LogP contribution >= 0.6 is 23.2 Å². The van der Waals surface area contributed by atoms with Gasteiger partial charge in [-0.25, -0.2) is 14.2 Å². The van der Waals surface area contributed by atoms with E-state index in [2.05, 4.69) is 15.0 Å². The maximum atomic E-state index is 15.9. The van der Waals surface area contributed by atoms with Crippen molar-refractivity contribution in [2.24, 2.45) is 0 Å². The molecule has 0 aliphatic carbocycles. The minimum Gasteiger partial charge on any atom is -0.465 e. The fraction of sp³-hybridized carbons (Fsp3) is 0.250. The minimum absolute atomic E-state index is 0.0667. The van der Waals surface area contributed by atoms with Crippen LogP contribution in [0.5, 0.6) is 0 Å². The van der Waals surface area contributed by atoms with Crippen molar-refractivity contribution < 1.29 is 14.3 Å². The van der Waals surface area contributed by atoms with Gasteiger partial charge in [0.05, 0.1) is 17.5 Å². The Balaban J connectivity index is 1.49. The molecule has 2 aliphatic rings. The number of rotatable bonds is 2. The molecule has 0 saturated carbocycles. The molecule has 4 heterocycles. The number of carboxylic acid groups (broad SMARTS) is 1. The number of aromatic nitrogens is 3. The van der Waals surface area contributed by atoms with E-state index in [0.29, 0.717) is 40.3 Å². The lowest BCUT2D eigenvalue weighted by Crippen LogP contribution is -2.55. The molecule has 0 spiro atoms. The number of hydrogen-bond acceptors (Lipinski definition) is 5. The molecule has 2 aliphatic heterocycles. The normalized spacial score (nSPS) is 19.9. The van der Waals surface area contributed by atoms with Gasteiger partial charge >= 0.3 is 6.09 Å². The topological polar surface area (TPSA) is 82.5 Å². The fourth-order valence-corrected chi connectivity index (χ4v) is 5.77. The standard InChI is InChI=1S/C24H18Cl2FN5O2/c25-17-6-2-4-12-3-1-5-15(18(12)17)20-19(27)21-16(9-28-20)22(30-23(26)29-21)31-10-13-7-8-14(11-31)32(13)24(33)34/h1-6,9,13-14H,7-8,10-11H2,(H,33,34). The molecule has 2 aromatic carbocycles. The Bertz CT molecular complexity index is 1460. The Kier molecular flexibility index (Phi) is 4.97. The maximum absolute atomic E-state index is 15.9. The van der Waals surface area contributed by atoms with Crippen LogP contribution in [-0.2, 0) is 0 Å². The summed E-state index contributed by atoms with van der Waals surface area (Å²) in [6.45, 7) is 0.904. The monoisotopic (exact) mass is 497 g/mol. The third-order valence-electron chi connectivity index (χ3n) is 6.75. The number of benzene rings is 2. The number of anilines is 1. The van der Waals surface area contributed by atoms with Crippen molar-refractivity contribution in [1.29, 1.82) is 0 Å². The molecule has 2 saturated heterocycles. The van der Waals surface area contributed by atoms with Crippen molar-refractivity contribution >= 4 is 56.8 Å². The first kappa shape index (κ1) is 21.3. The molecule has 1 amide bonds. The van der Waals surface area contributed by atoms with Crippen molar-refractivity contribution in [2.75, 3.05) is 18.0 Å². The predicted molar refractivity (Wildman–Crippen MR) is 129 cm³/mol. The summed E-state index contributed by atoms with van der Waals surface area (Å²) in [6, 6.07) is 10.7. The molecule has 1 N–H and O–H groups in total. The van der Waals surface area contributed by atoms with Gasteiger partial charge in [0.2, 0.25) is 5.28 Å². The highest BCUT2D eigenvalue weighted by Crippen LogP contribution is 2.38. The summed E-state index contributed by atoms with van der Waals surface area (Å²) < 4.78 is 15.9. The molecular weight excluding hydrogens is 480 g/mol. The lowest BCUT2D eigenvalue weighted by molar-refractivity contribution is 0.114. The van der Waals surface area contributed by atoms with Gasteiger partial charge in [0.15, 0.2) is 5.82 Å². The summed E-state index contributed by atoms with van der Waals surface area (Å²) >= 11 is 12.7. The SMILES string of the molecule is O=C(O)N1C2CCC1CN(c1nc(Cl)nc3c(F)c(-c4cccc5cccc(Cl)c45)ncc13)C2. The molecule has 0 radical (unpaired) electrons. The lowest BCUT2D eigenvalue weighted by atomic mass is 10.0. The number of carbonyl (C=O) groups is 1. The molecule has 4 aromatic rings. The molecule has 6 rings (SSSR count). The van der Waals surface area contributed by atoms with E-state index in [1.54, 1.807) is 18.3 Å². The number of fused-ring (bicyclic) bond motifs is 4. The molecule has 10 heteroatoms. The van der Waals surface area contributed by atoms with Gasteiger partial charge in [0, 0.05) is 35.3 Å². The second-order valence-corrected chi connectivity index (χ2v) is 9.37. The van der Waals surface area contributed by atoms with Gasteiger partial charge < -0.3 is 10.0 Å². The van der Waals surface area contributed by atoms with Crippen molar-refractivity contribution in [2.45, 2.75) is 24.9 Å². The third-order valence-corrected chi connectivity index (χ3v) is 7.23. The van der Waals surface area contributed by atoms with Gasteiger partial charge in [-0.05, 0) is 35.9 Å². The van der Waals surface area contributed by atoms with E-state index in [0.717, 1.165) is 18.2 Å². The van der Waals surface area contributed by atoms with Crippen LogP contribution in [0.3, 0.4) is 0 Å². The highest BCUT2D eigenvalue weighted by Gasteiger charge is 2.43. The van der Waals surface area contributed by atoms with E-state index < -0.39 is 11.9 Å². The number of halogens is 3. The van der Waals surface area contributed by atoms with Crippen LogP contribution in [0.15, 0.2) is 42.6 Å². The summed E-state index contributed by atoms with van der Waals surface area (Å²) in [5.41, 5.74) is 0.756. The van der Waals surface area contributed by atoms with Gasteiger partial charge in [-0.1, -0.05) is 41.9 Å². The van der Waals surface area contributed by atoms with Crippen molar-refractivity contribution in [3.8, 4) is 11.3 Å². The van der Waals surface area contributed by atoms with Crippen LogP contribution in [0.25, 0.3) is 32.9 Å². The zero-order valence-corrected chi connectivity index (χ0v) is 19.3. The van der Waals surface area contributed by atoms with Crippen LogP contribution in [0.4, 0.5) is 15.0 Å². The smallest absolute Gasteiger partial charge is 0.407 e. The quantitative estimate of drug-likeness (QED) is 0.361. The van der Waals surface area contributed by atoms with Gasteiger partial charge in [-0.15, -0.1) is 0 Å². The van der Waals surface area contributed by atoms with E-state index in [1.807, 2.05) is 29.2 Å². The molecule has 2 bridgehead atoms. The molecule has 2 unspecified atom stereocenters. The molecule has 2 atom stereocenters. The zero-order chi connectivity index (χ0) is 23.6. The Morgan fingerprint density at radius 2 is 1.76 bits per heavy atom. The van der Waals surface area contributed by atoms with E-state index in [4.69, 9.17) is 23.2 Å². The van der Waals surface area contributed by atoms with E-state index in [9.17, 15) is 9.90 Å². The summed E-state index contributed by atoms with van der Waals surface area (Å²) in [5.74, 6) is -0.145. The predicted octanol–water partition coefficient (Wildman–Crippen LogP) is 5.62. The first-order chi connectivity index (χ1) is 16.4. The fourth-order valence-electron chi connectivity index (χ4n) is 5.32. The number of piperazine rings is 1. The van der Waals surface area contributed by atoms with Crippen LogP contribution in [0.2, 0.25) is 10.3 Å². The number of hydrogen-bond donors (Lipinski definition) is 1. The Morgan fingerprint density at radius 1 is 1.06 bits per heavy atom. The van der Waals surface area contributed by atoms with Crippen molar-refractivity contribution in [3.63, 3.8) is 0 Å². The van der Waals surface area contributed by atoms with Gasteiger partial charge in [-0.2, -0.15) is 4.98 Å². The van der Waals surface area contributed by atoms with Crippen molar-refractivity contribution in [1.82, 2.24) is 19.9 Å². The average Bonchev–Trinajstić information content (AvgIpc) is 3.09. The first-order valence-corrected chi connectivity index (χ1v) is 11.6. The molecule has 2 aromatic heterocycles. The van der Waals surface area contributed by atoms with Crippen LogP contribution in [0, 0.1) is 5.82 Å². The maximum Gasteiger partial charge on any atom is 0.407 e. The number of amides is 1. The van der Waals surface area contributed by atoms with Crippen molar-refractivity contribution in [3.05, 3.63) is 58.7 Å². The van der Waals surface area contributed by atoms with Crippen LogP contribution in [0.1, 0.15) is 12.8 Å². The minimum atomic E-state index is -0.913. The van der Waals surface area contributed by atoms with E-state index in [-0.39, 0.29) is 28.6 Å². The average molecular weight is 498 g/mol. The summed E-state index contributed by atoms with van der Waals surface area (Å²) in [6.07, 6.45) is 2.20. The van der Waals surface area contributed by atoms with Gasteiger partial charge in [-0.3, -0.25) is 9.88 Å². The summed E-state index contributed by atoms with van der Waals surface area (Å²) in [7, 11) is 0. The molecule has 7 nitrogen and oxygen atoms in total. The molecule has 2 fully saturated rings. The zero-order valence-electron chi connectivity index (χ0n) is 17.8. The summed E-state index contributed by atoms with van der Waals surface area (Å²) in [4.78, 5) is 28.2. The Morgan fingerprint density at radius 3 is 2.47 bits per heavy atom. The second kappa shape index (κ2) is 7.92. The Hall–Kier alpha value is -3.23. The Labute approximate surface area is 203 Å². The van der Waals surface area contributed by atoms with Gasteiger partial charge in [0.1, 0.15) is 17.0 Å².